The minimum atomic E-state index is -0.916. The van der Waals surface area contributed by atoms with E-state index >= 15 is 0 Å². The summed E-state index contributed by atoms with van der Waals surface area (Å²) in [6.07, 6.45) is 0. The number of rotatable bonds is 5. The fraction of sp³-hybridized carbons (Fsp3) is 0.154. The van der Waals surface area contributed by atoms with Gasteiger partial charge in [0.25, 0.3) is 0 Å². The highest BCUT2D eigenvalue weighted by Gasteiger charge is 2.05. The molecule has 0 aliphatic rings. The Kier molecular flexibility index (Phi) is 5.54. The molecule has 0 aliphatic carbocycles. The molecule has 19 heavy (non-hydrogen) atoms. The maximum Gasteiger partial charge on any atom is 0.317 e. The van der Waals surface area contributed by atoms with Crippen molar-refractivity contribution in [1.29, 1.82) is 0 Å². The first-order valence-corrected chi connectivity index (χ1v) is 5.42. The second kappa shape index (κ2) is 6.92. The molecule has 1 aromatic heterocycles. The van der Waals surface area contributed by atoms with E-state index in [2.05, 4.69) is 5.32 Å². The highest BCUT2D eigenvalue weighted by molar-refractivity contribution is 5.85. The zero-order valence-electron chi connectivity index (χ0n) is 9.93. The largest absolute Gasteiger partial charge is 0.480 e. The third-order valence-electron chi connectivity index (χ3n) is 2.37. The second-order valence-electron chi connectivity index (χ2n) is 3.77. The summed E-state index contributed by atoms with van der Waals surface area (Å²) >= 11 is 0. The summed E-state index contributed by atoms with van der Waals surface area (Å²) in [5, 5.41) is 11.2. The molecule has 0 aliphatic heterocycles. The fourth-order valence-corrected chi connectivity index (χ4v) is 1.53. The Hall–Kier alpha value is -1.85. The molecule has 2 aromatic rings. The Morgan fingerprint density at radius 1 is 1.21 bits per heavy atom. The van der Waals surface area contributed by atoms with Gasteiger partial charge >= 0.3 is 5.97 Å². The minimum absolute atomic E-state index is 0. The molecule has 0 radical (unpaired) electrons. The SMILES string of the molecule is Cl.O=C(O)CNCc1ccc(-c2ccc(F)cc2)o1. The molecule has 0 unspecified atom stereocenters. The van der Waals surface area contributed by atoms with Gasteiger partial charge in [-0.2, -0.15) is 0 Å². The van der Waals surface area contributed by atoms with Crippen LogP contribution in [0.5, 0.6) is 0 Å². The lowest BCUT2D eigenvalue weighted by Gasteiger charge is -1.99. The first kappa shape index (κ1) is 15.2. The Balaban J connectivity index is 0.00000180. The summed E-state index contributed by atoms with van der Waals surface area (Å²) < 4.78 is 18.3. The number of benzene rings is 1. The number of nitrogens with one attached hydrogen (secondary N) is 1. The van der Waals surface area contributed by atoms with E-state index in [0.29, 0.717) is 18.1 Å². The van der Waals surface area contributed by atoms with Gasteiger partial charge < -0.3 is 9.52 Å². The van der Waals surface area contributed by atoms with Crippen molar-refractivity contribution in [1.82, 2.24) is 5.32 Å². The molecule has 0 fully saturated rings. The molecule has 2 N–H and O–H groups in total. The first-order valence-electron chi connectivity index (χ1n) is 5.42. The van der Waals surface area contributed by atoms with Gasteiger partial charge in [0, 0.05) is 5.56 Å². The van der Waals surface area contributed by atoms with Gasteiger partial charge in [0.2, 0.25) is 0 Å². The lowest BCUT2D eigenvalue weighted by atomic mass is 10.2. The van der Waals surface area contributed by atoms with Crippen LogP contribution in [0.15, 0.2) is 40.8 Å². The molecule has 0 bridgehead atoms. The summed E-state index contributed by atoms with van der Waals surface area (Å²) in [5.74, 6) is 0.0478. The molecule has 0 saturated carbocycles. The molecule has 102 valence electrons. The van der Waals surface area contributed by atoms with Crippen LogP contribution < -0.4 is 5.32 Å². The van der Waals surface area contributed by atoms with Gasteiger partial charge in [-0.05, 0) is 36.4 Å². The average Bonchev–Trinajstić information content (AvgIpc) is 2.78. The quantitative estimate of drug-likeness (QED) is 0.886. The van der Waals surface area contributed by atoms with E-state index in [9.17, 15) is 9.18 Å². The molecule has 2 rings (SSSR count). The van der Waals surface area contributed by atoms with Gasteiger partial charge in [-0.1, -0.05) is 0 Å². The van der Waals surface area contributed by atoms with Crippen molar-refractivity contribution in [3.05, 3.63) is 48.0 Å². The molecule has 1 aromatic carbocycles. The minimum Gasteiger partial charge on any atom is -0.480 e. The predicted octanol–water partition coefficient (Wildman–Crippen LogP) is 2.68. The molecule has 1 heterocycles. The monoisotopic (exact) mass is 285 g/mol. The maximum atomic E-state index is 12.8. The van der Waals surface area contributed by atoms with Crippen LogP contribution >= 0.6 is 12.4 Å². The molecule has 6 heteroatoms. The standard InChI is InChI=1S/C13H12FNO3.ClH/c14-10-3-1-9(2-4-10)12-6-5-11(18-12)7-15-8-13(16)17;/h1-6,15H,7-8H2,(H,16,17);1H. The molecule has 0 amide bonds. The number of aliphatic carboxylic acids is 1. The van der Waals surface area contributed by atoms with Crippen molar-refractivity contribution in [3.63, 3.8) is 0 Å². The third-order valence-corrected chi connectivity index (χ3v) is 2.37. The number of hydrogen-bond donors (Lipinski definition) is 2. The number of halogens is 2. The average molecular weight is 286 g/mol. The van der Waals surface area contributed by atoms with Crippen molar-refractivity contribution >= 4 is 18.4 Å². The Morgan fingerprint density at radius 2 is 1.89 bits per heavy atom. The van der Waals surface area contributed by atoms with E-state index in [-0.39, 0.29) is 24.8 Å². The zero-order valence-corrected chi connectivity index (χ0v) is 10.7. The fourth-order valence-electron chi connectivity index (χ4n) is 1.53. The van der Waals surface area contributed by atoms with E-state index in [1.54, 1.807) is 24.3 Å². The zero-order chi connectivity index (χ0) is 13.0. The van der Waals surface area contributed by atoms with Gasteiger partial charge in [-0.25, -0.2) is 4.39 Å². The van der Waals surface area contributed by atoms with E-state index in [1.165, 1.54) is 12.1 Å². The van der Waals surface area contributed by atoms with Crippen molar-refractivity contribution in [2.45, 2.75) is 6.54 Å². The Morgan fingerprint density at radius 3 is 2.53 bits per heavy atom. The van der Waals surface area contributed by atoms with Crippen molar-refractivity contribution in [3.8, 4) is 11.3 Å². The van der Waals surface area contributed by atoms with Crippen LogP contribution in [0.1, 0.15) is 5.76 Å². The number of furan rings is 1. The van der Waals surface area contributed by atoms with Crippen LogP contribution in [0.4, 0.5) is 4.39 Å². The lowest BCUT2D eigenvalue weighted by Crippen LogP contribution is -2.21. The van der Waals surface area contributed by atoms with Crippen LogP contribution in [0, 0.1) is 5.82 Å². The highest BCUT2D eigenvalue weighted by Crippen LogP contribution is 2.22. The van der Waals surface area contributed by atoms with Crippen molar-refractivity contribution in [2.75, 3.05) is 6.54 Å². The summed E-state index contributed by atoms with van der Waals surface area (Å²) in [6.45, 7) is 0.222. The lowest BCUT2D eigenvalue weighted by molar-refractivity contribution is -0.136. The second-order valence-corrected chi connectivity index (χ2v) is 3.77. The summed E-state index contributed by atoms with van der Waals surface area (Å²) in [5.41, 5.74) is 0.779. The molecule has 0 saturated heterocycles. The van der Waals surface area contributed by atoms with Crippen LogP contribution in [-0.4, -0.2) is 17.6 Å². The van der Waals surface area contributed by atoms with E-state index in [1.807, 2.05) is 0 Å². The number of carbonyl (C=O) groups is 1. The summed E-state index contributed by atoms with van der Waals surface area (Å²) in [4.78, 5) is 10.3. The van der Waals surface area contributed by atoms with Crippen LogP contribution in [0.2, 0.25) is 0 Å². The van der Waals surface area contributed by atoms with Gasteiger partial charge in [0.15, 0.2) is 0 Å². The van der Waals surface area contributed by atoms with Gasteiger partial charge in [0.1, 0.15) is 17.3 Å². The van der Waals surface area contributed by atoms with E-state index in [0.717, 1.165) is 5.56 Å². The number of carboxylic acid groups (broad SMARTS) is 1. The van der Waals surface area contributed by atoms with Gasteiger partial charge in [-0.3, -0.25) is 10.1 Å². The smallest absolute Gasteiger partial charge is 0.317 e. The third kappa shape index (κ3) is 4.39. The van der Waals surface area contributed by atoms with E-state index < -0.39 is 5.97 Å². The van der Waals surface area contributed by atoms with Crippen LogP contribution in [0.25, 0.3) is 11.3 Å². The van der Waals surface area contributed by atoms with Crippen LogP contribution in [-0.2, 0) is 11.3 Å². The topological polar surface area (TPSA) is 62.5 Å². The Labute approximate surface area is 115 Å². The van der Waals surface area contributed by atoms with Crippen molar-refractivity contribution < 1.29 is 18.7 Å². The summed E-state index contributed by atoms with van der Waals surface area (Å²) in [6, 6.07) is 9.50. The number of carboxylic acids is 1. The predicted molar refractivity (Wildman–Crippen MR) is 70.7 cm³/mol. The maximum absolute atomic E-state index is 12.8. The van der Waals surface area contributed by atoms with Gasteiger partial charge in [-0.15, -0.1) is 12.4 Å². The highest BCUT2D eigenvalue weighted by atomic mass is 35.5. The summed E-state index contributed by atoms with van der Waals surface area (Å²) in [7, 11) is 0. The number of hydrogen-bond acceptors (Lipinski definition) is 3. The molecular weight excluding hydrogens is 273 g/mol. The molecule has 0 atom stereocenters. The Bertz CT molecular complexity index is 539. The normalized spacial score (nSPS) is 9.95. The molecule has 0 spiro atoms. The van der Waals surface area contributed by atoms with Gasteiger partial charge in [0.05, 0.1) is 13.1 Å². The first-order chi connectivity index (χ1) is 8.65. The van der Waals surface area contributed by atoms with Crippen LogP contribution in [0.3, 0.4) is 0 Å². The van der Waals surface area contributed by atoms with Crippen molar-refractivity contribution in [2.24, 2.45) is 0 Å². The molecular formula is C13H13ClFNO3. The molecule has 4 nitrogen and oxygen atoms in total. The van der Waals surface area contributed by atoms with E-state index in [4.69, 9.17) is 9.52 Å².